The van der Waals surface area contributed by atoms with E-state index in [4.69, 9.17) is 23.2 Å². The van der Waals surface area contributed by atoms with Gasteiger partial charge in [-0.1, -0.05) is 29.3 Å². The van der Waals surface area contributed by atoms with Crippen molar-refractivity contribution in [2.75, 3.05) is 34.4 Å². The van der Waals surface area contributed by atoms with Gasteiger partial charge in [-0.25, -0.2) is 26.0 Å². The number of nitrogens with zero attached hydrogens (tertiary/aromatic N) is 4. The van der Waals surface area contributed by atoms with Crippen molar-refractivity contribution in [1.82, 2.24) is 4.57 Å². The molecule has 2 heterocycles. The normalized spacial score (nSPS) is 15.0. The van der Waals surface area contributed by atoms with Gasteiger partial charge in [-0.05, 0) is 57.7 Å². The van der Waals surface area contributed by atoms with E-state index in [1.165, 1.54) is 27.7 Å². The summed E-state index contributed by atoms with van der Waals surface area (Å²) < 4.78 is 153. The van der Waals surface area contributed by atoms with Crippen LogP contribution in [0.4, 0.5) is 37.7 Å². The topological polar surface area (TPSA) is 130 Å². The summed E-state index contributed by atoms with van der Waals surface area (Å²) >= 11 is 12.1. The van der Waals surface area contributed by atoms with Gasteiger partial charge in [0.15, 0.2) is 11.0 Å². The zero-order valence-corrected chi connectivity index (χ0v) is 34.5. The van der Waals surface area contributed by atoms with Crippen LogP contribution in [-0.4, -0.2) is 55.1 Å². The van der Waals surface area contributed by atoms with E-state index in [0.29, 0.717) is 22.8 Å². The molecular formula is C31H33Cl2F6KN4O6S2. The van der Waals surface area contributed by atoms with Gasteiger partial charge >= 0.3 is 63.7 Å². The Kier molecular flexibility index (Phi) is 15.2. The minimum atomic E-state index is -4.79. The molecule has 1 aromatic heterocycles. The molecule has 0 saturated heterocycles. The first-order chi connectivity index (χ1) is 23.6. The molecule has 1 aliphatic rings. The molecule has 0 spiro atoms. The predicted molar refractivity (Wildman–Crippen MR) is 179 cm³/mol. The molecule has 282 valence electrons. The van der Waals surface area contributed by atoms with E-state index in [-0.39, 0.29) is 114 Å². The molecule has 0 aliphatic carbocycles. The minimum absolute atomic E-state index is 0. The molecule has 1 aliphatic heterocycles. The first-order valence-electron chi connectivity index (χ1n) is 15.6. The Morgan fingerprint density at radius 2 is 1.31 bits per heavy atom. The molecule has 0 atom stereocenters. The molecule has 3 aromatic rings. The van der Waals surface area contributed by atoms with E-state index in [9.17, 15) is 52.3 Å². The standard InChI is InChI=1S/C31H34Cl2F6N4O6S2.K/c1-3-40-26-18-22(32)20(30(34,35)36)16-24(26)42(12-5-7-14-50(44,45)46)28(40)10-9-11-29-41(4-2)27-19-23(33)21(31(37,38)39)17-25(27)43(29)13-6-8-15-51(47,48)49;/h9-11,16-19H,3-8,12-15H2,1-2H3,(H-,44,45,46,47,48,49);/q;+1/p-1. The minimum Gasteiger partial charge on any atom is -0.748 e. The zero-order valence-electron chi connectivity index (χ0n) is 28.2. The number of imidazole rings is 1. The van der Waals surface area contributed by atoms with Crippen molar-refractivity contribution in [1.29, 1.82) is 0 Å². The maximum absolute atomic E-state index is 13.9. The van der Waals surface area contributed by atoms with Gasteiger partial charge in [-0.2, -0.15) is 26.3 Å². The summed E-state index contributed by atoms with van der Waals surface area (Å²) in [5.74, 6) is -0.585. The number of allylic oxidation sites excluding steroid dienone is 2. The molecule has 52 heavy (non-hydrogen) atoms. The molecule has 10 nitrogen and oxygen atoms in total. The molecule has 0 radical (unpaired) electrons. The molecule has 21 heteroatoms. The number of aromatic nitrogens is 2. The van der Waals surface area contributed by atoms with Gasteiger partial charge in [0.1, 0.15) is 5.82 Å². The van der Waals surface area contributed by atoms with Gasteiger partial charge in [-0.15, -0.1) is 0 Å². The second-order valence-corrected chi connectivity index (χ2v) is 15.5. The maximum Gasteiger partial charge on any atom is 1.00 e. The molecule has 4 rings (SSSR count). The number of halogens is 8. The first-order valence-corrected chi connectivity index (χ1v) is 19.5. The molecule has 0 amide bonds. The van der Waals surface area contributed by atoms with Crippen LogP contribution in [0.1, 0.15) is 56.5 Å². The van der Waals surface area contributed by atoms with Crippen LogP contribution < -0.4 is 65.8 Å². The van der Waals surface area contributed by atoms with Crippen molar-refractivity contribution in [3.8, 4) is 0 Å². The average Bonchev–Trinajstić information content (AvgIpc) is 3.44. The first kappa shape index (κ1) is 45.0. The van der Waals surface area contributed by atoms with Crippen LogP contribution in [-0.2, 0) is 45.7 Å². The van der Waals surface area contributed by atoms with E-state index in [1.807, 2.05) is 0 Å². The van der Waals surface area contributed by atoms with Crippen LogP contribution in [0.25, 0.3) is 17.1 Å². The maximum atomic E-state index is 13.9. The van der Waals surface area contributed by atoms with Gasteiger partial charge in [0, 0.05) is 42.8 Å². The molecule has 0 fully saturated rings. The van der Waals surface area contributed by atoms with Crippen molar-refractivity contribution < 1.29 is 108 Å². The van der Waals surface area contributed by atoms with Crippen LogP contribution in [0.15, 0.2) is 42.2 Å². The summed E-state index contributed by atoms with van der Waals surface area (Å²) in [5, 5.41) is -1.08. The number of hydrogen-bond acceptors (Lipinski definition) is 8. The molecule has 0 bridgehead atoms. The number of hydrogen-bond donors (Lipinski definition) is 0. The number of rotatable bonds is 14. The third-order valence-corrected chi connectivity index (χ3v) is 10.4. The van der Waals surface area contributed by atoms with E-state index in [0.717, 1.165) is 12.1 Å². The number of aryl methyl sites for hydroxylation is 2. The second kappa shape index (κ2) is 17.6. The van der Waals surface area contributed by atoms with Gasteiger partial charge in [0.05, 0.1) is 65.9 Å². The quantitative estimate of drug-likeness (QED) is 0.0779. The largest absolute Gasteiger partial charge is 1.00 e. The van der Waals surface area contributed by atoms with Gasteiger partial charge in [-0.3, -0.25) is 0 Å². The predicted octanol–water partition coefficient (Wildman–Crippen LogP) is 4.15. The van der Waals surface area contributed by atoms with Crippen molar-refractivity contribution >= 4 is 71.9 Å². The molecule has 0 N–H and O–H groups in total. The molecule has 0 unspecified atom stereocenters. The van der Waals surface area contributed by atoms with Crippen LogP contribution >= 0.6 is 23.2 Å². The Hall–Kier alpha value is -1.39. The van der Waals surface area contributed by atoms with Crippen molar-refractivity contribution in [2.24, 2.45) is 0 Å². The third kappa shape index (κ3) is 10.9. The van der Waals surface area contributed by atoms with Crippen LogP contribution in [0.5, 0.6) is 0 Å². The molecule has 0 saturated carbocycles. The Morgan fingerprint density at radius 1 is 0.769 bits per heavy atom. The van der Waals surface area contributed by atoms with Crippen molar-refractivity contribution in [2.45, 2.75) is 65.0 Å². The summed E-state index contributed by atoms with van der Waals surface area (Å²) in [6.45, 7) is 4.05. The Bertz CT molecular complexity index is 2070. The van der Waals surface area contributed by atoms with E-state index >= 15 is 0 Å². The fourth-order valence-electron chi connectivity index (χ4n) is 6.00. The zero-order chi connectivity index (χ0) is 38.1. The SMILES string of the molecule is CCN1C(=CC=Cc2n(CC)c3cc(Cl)c(C(F)(F)F)cc3[n+]2CCCCS(=O)(=O)[O-])N(CCCCS(=O)(=O)[O-])c2cc(C(F)(F)F)c(Cl)cc21.[K+]. The van der Waals surface area contributed by atoms with E-state index in [2.05, 4.69) is 0 Å². The van der Waals surface area contributed by atoms with Crippen LogP contribution in [0.3, 0.4) is 0 Å². The fraction of sp³-hybridized carbons (Fsp3) is 0.452. The van der Waals surface area contributed by atoms with E-state index < -0.39 is 65.3 Å². The number of alkyl halides is 6. The molecule has 2 aromatic carbocycles. The number of anilines is 2. The molecular weight excluding hydrogens is 812 g/mol. The monoisotopic (exact) mass is 844 g/mol. The van der Waals surface area contributed by atoms with Crippen molar-refractivity contribution in [3.05, 3.63) is 69.2 Å². The van der Waals surface area contributed by atoms with Crippen molar-refractivity contribution in [3.63, 3.8) is 0 Å². The second-order valence-electron chi connectivity index (χ2n) is 11.6. The van der Waals surface area contributed by atoms with Gasteiger partial charge < -0.3 is 18.9 Å². The van der Waals surface area contributed by atoms with Gasteiger partial charge in [0.2, 0.25) is 0 Å². The summed E-state index contributed by atoms with van der Waals surface area (Å²) in [6, 6.07) is 4.14. The summed E-state index contributed by atoms with van der Waals surface area (Å²) in [7, 11) is -9.06. The summed E-state index contributed by atoms with van der Waals surface area (Å²) in [5.41, 5.74) is -1.22. The smallest absolute Gasteiger partial charge is 0.748 e. The number of fused-ring (bicyclic) bond motifs is 2. The van der Waals surface area contributed by atoms with Crippen LogP contribution in [0, 0.1) is 0 Å². The fourth-order valence-corrected chi connectivity index (χ4v) is 7.64. The summed E-state index contributed by atoms with van der Waals surface area (Å²) in [4.78, 5) is 3.21. The summed E-state index contributed by atoms with van der Waals surface area (Å²) in [6.07, 6.45) is -4.78. The average molecular weight is 846 g/mol. The Balaban J connectivity index is 0.00000729. The van der Waals surface area contributed by atoms with Gasteiger partial charge in [0.25, 0.3) is 5.82 Å². The number of benzene rings is 2. The number of unbranched alkanes of at least 4 members (excludes halogenated alkanes) is 2. The third-order valence-electron chi connectivity index (χ3n) is 8.18. The van der Waals surface area contributed by atoms with E-state index in [1.54, 1.807) is 35.5 Å². The Labute approximate surface area is 350 Å². The van der Waals surface area contributed by atoms with Crippen LogP contribution in [0.2, 0.25) is 10.0 Å². The Morgan fingerprint density at radius 3 is 1.85 bits per heavy atom.